The van der Waals surface area contributed by atoms with Crippen LogP contribution in [-0.2, 0) is 6.42 Å². The fourth-order valence-electron chi connectivity index (χ4n) is 4.36. The van der Waals surface area contributed by atoms with E-state index in [-0.39, 0.29) is 0 Å². The van der Waals surface area contributed by atoms with Crippen molar-refractivity contribution in [1.29, 1.82) is 0 Å². The fourth-order valence-corrected chi connectivity index (χ4v) is 6.38. The first-order chi connectivity index (χ1) is 14.6. The summed E-state index contributed by atoms with van der Waals surface area (Å²) in [7, 11) is 0. The third-order valence-electron chi connectivity index (χ3n) is 6.01. The van der Waals surface area contributed by atoms with Gasteiger partial charge < -0.3 is 10.0 Å². The highest BCUT2D eigenvalue weighted by atomic mass is 32.2. The predicted molar refractivity (Wildman–Crippen MR) is 129 cm³/mol. The van der Waals surface area contributed by atoms with Crippen LogP contribution < -0.4 is 0 Å². The number of aliphatic hydroxyl groups excluding tert-OH is 1. The van der Waals surface area contributed by atoms with Crippen molar-refractivity contribution in [2.45, 2.75) is 47.4 Å². The van der Waals surface area contributed by atoms with Gasteiger partial charge in [0.1, 0.15) is 0 Å². The number of aliphatic hydroxyl groups is 1. The van der Waals surface area contributed by atoms with Gasteiger partial charge >= 0.3 is 0 Å². The summed E-state index contributed by atoms with van der Waals surface area (Å²) in [6.45, 7) is 10.3. The zero-order valence-corrected chi connectivity index (χ0v) is 19.9. The van der Waals surface area contributed by atoms with Crippen molar-refractivity contribution in [3.63, 3.8) is 0 Å². The normalized spacial score (nSPS) is 20.1. The molecule has 0 amide bonds. The van der Waals surface area contributed by atoms with Crippen LogP contribution >= 0.6 is 23.5 Å². The lowest BCUT2D eigenvalue weighted by Crippen LogP contribution is -2.48. The number of hydrogen-bond donors (Lipinski definition) is 1. The van der Waals surface area contributed by atoms with Gasteiger partial charge in [-0.05, 0) is 54.2 Å². The molecule has 1 unspecified atom stereocenters. The topological polar surface area (TPSA) is 26.7 Å². The molecule has 4 rings (SSSR count). The Morgan fingerprint density at radius 2 is 1.87 bits per heavy atom. The third-order valence-corrected chi connectivity index (χ3v) is 8.64. The van der Waals surface area contributed by atoms with Crippen molar-refractivity contribution in [3.05, 3.63) is 53.6 Å². The van der Waals surface area contributed by atoms with Gasteiger partial charge in [0.2, 0.25) is 0 Å². The quantitative estimate of drug-likeness (QED) is 0.596. The van der Waals surface area contributed by atoms with E-state index in [1.54, 1.807) is 0 Å². The van der Waals surface area contributed by atoms with Crippen molar-refractivity contribution in [3.8, 4) is 0 Å². The second kappa shape index (κ2) is 10.6. The summed E-state index contributed by atoms with van der Waals surface area (Å²) in [4.78, 5) is 9.43. The lowest BCUT2D eigenvalue weighted by Gasteiger charge is -2.39. The molecule has 0 aromatic heterocycles. The Labute approximate surface area is 190 Å². The molecule has 1 atom stereocenters. The third kappa shape index (κ3) is 5.43. The fraction of sp³-hybridized carbons (Fsp3) is 0.520. The number of rotatable bonds is 7. The minimum Gasteiger partial charge on any atom is -0.396 e. The van der Waals surface area contributed by atoms with Crippen LogP contribution in [0.2, 0.25) is 0 Å². The number of nitrogens with zero attached hydrogens (tertiary/aromatic N) is 2. The average Bonchev–Trinajstić information content (AvgIpc) is 2.93. The van der Waals surface area contributed by atoms with E-state index in [0.29, 0.717) is 18.6 Å². The van der Waals surface area contributed by atoms with E-state index in [2.05, 4.69) is 66.1 Å². The Morgan fingerprint density at radius 3 is 2.63 bits per heavy atom. The van der Waals surface area contributed by atoms with Crippen LogP contribution in [0.5, 0.6) is 0 Å². The molecular formula is C25H34N2OS2. The standard InChI is InChI=1S/C25H34N2OS2/c1-19(2)18-29-21-8-9-25-22(17-21)23(16-20-6-3-4-7-24(20)30-25)27-13-11-26(12-14-27)10-5-15-28/h3-4,6-9,17,19,23,28H,5,10-16,18H2,1-2H3. The van der Waals surface area contributed by atoms with Crippen LogP contribution in [0.1, 0.15) is 37.4 Å². The molecule has 3 nitrogen and oxygen atoms in total. The average molecular weight is 443 g/mol. The molecule has 1 N–H and O–H groups in total. The molecule has 0 spiro atoms. The van der Waals surface area contributed by atoms with Gasteiger partial charge in [0.25, 0.3) is 0 Å². The molecule has 0 aliphatic carbocycles. The van der Waals surface area contributed by atoms with E-state index in [4.69, 9.17) is 5.11 Å². The Kier molecular flexibility index (Phi) is 7.82. The van der Waals surface area contributed by atoms with Gasteiger partial charge in [-0.15, -0.1) is 11.8 Å². The summed E-state index contributed by atoms with van der Waals surface area (Å²) in [5, 5.41) is 9.15. The molecule has 1 fully saturated rings. The number of hydrogen-bond acceptors (Lipinski definition) is 5. The first kappa shape index (κ1) is 22.2. The Hall–Kier alpha value is -0.980. The van der Waals surface area contributed by atoms with Crippen LogP contribution in [0.25, 0.3) is 0 Å². The van der Waals surface area contributed by atoms with Gasteiger partial charge in [-0.3, -0.25) is 4.90 Å². The number of benzene rings is 2. The first-order valence-corrected chi connectivity index (χ1v) is 13.0. The molecule has 0 saturated carbocycles. The van der Waals surface area contributed by atoms with Crippen molar-refractivity contribution in [1.82, 2.24) is 9.80 Å². The van der Waals surface area contributed by atoms with Crippen molar-refractivity contribution in [2.24, 2.45) is 5.92 Å². The Morgan fingerprint density at radius 1 is 1.07 bits per heavy atom. The van der Waals surface area contributed by atoms with Gasteiger partial charge in [-0.25, -0.2) is 0 Å². The second-order valence-corrected chi connectivity index (χ2v) is 11.0. The summed E-state index contributed by atoms with van der Waals surface area (Å²) in [6.07, 6.45) is 1.97. The van der Waals surface area contributed by atoms with Gasteiger partial charge in [-0.1, -0.05) is 43.8 Å². The van der Waals surface area contributed by atoms with E-state index in [1.807, 2.05) is 23.5 Å². The summed E-state index contributed by atoms with van der Waals surface area (Å²) in [6, 6.07) is 16.5. The number of thioether (sulfide) groups is 1. The predicted octanol–water partition coefficient (Wildman–Crippen LogP) is 5.18. The number of piperazine rings is 1. The lowest BCUT2D eigenvalue weighted by atomic mass is 9.96. The van der Waals surface area contributed by atoms with Gasteiger partial charge in [0, 0.05) is 65.8 Å². The zero-order chi connectivity index (χ0) is 20.9. The highest BCUT2D eigenvalue weighted by Gasteiger charge is 2.30. The summed E-state index contributed by atoms with van der Waals surface area (Å²) < 4.78 is 0. The molecule has 2 heterocycles. The van der Waals surface area contributed by atoms with E-state index in [1.165, 1.54) is 31.6 Å². The first-order valence-electron chi connectivity index (χ1n) is 11.2. The smallest absolute Gasteiger partial charge is 0.0443 e. The molecule has 0 bridgehead atoms. The minimum atomic E-state index is 0.293. The second-order valence-electron chi connectivity index (χ2n) is 8.79. The molecule has 1 saturated heterocycles. The van der Waals surface area contributed by atoms with Crippen LogP contribution in [0.15, 0.2) is 57.2 Å². The SMILES string of the molecule is CC(C)CSc1ccc2c(c1)C(N1CCN(CCCO)CC1)Cc1ccccc1S2. The number of fused-ring (bicyclic) bond motifs is 2. The highest BCUT2D eigenvalue weighted by molar-refractivity contribution is 7.99. The molecule has 2 aliphatic heterocycles. The maximum atomic E-state index is 9.15. The minimum absolute atomic E-state index is 0.293. The van der Waals surface area contributed by atoms with Crippen molar-refractivity contribution in [2.75, 3.05) is 45.1 Å². The van der Waals surface area contributed by atoms with E-state index >= 15 is 0 Å². The van der Waals surface area contributed by atoms with E-state index in [9.17, 15) is 0 Å². The Bertz CT molecular complexity index is 834. The molecule has 0 radical (unpaired) electrons. The molecule has 2 aliphatic rings. The molecule has 2 aromatic rings. The molecule has 162 valence electrons. The largest absolute Gasteiger partial charge is 0.396 e. The van der Waals surface area contributed by atoms with Gasteiger partial charge in [0.05, 0.1) is 0 Å². The molecule has 30 heavy (non-hydrogen) atoms. The van der Waals surface area contributed by atoms with Crippen LogP contribution in [-0.4, -0.2) is 60.0 Å². The monoisotopic (exact) mass is 442 g/mol. The van der Waals surface area contributed by atoms with Gasteiger partial charge in [-0.2, -0.15) is 0 Å². The highest BCUT2D eigenvalue weighted by Crippen LogP contribution is 2.44. The van der Waals surface area contributed by atoms with Gasteiger partial charge in [0.15, 0.2) is 0 Å². The van der Waals surface area contributed by atoms with E-state index < -0.39 is 0 Å². The maximum absolute atomic E-state index is 9.15. The van der Waals surface area contributed by atoms with Crippen LogP contribution in [0.3, 0.4) is 0 Å². The zero-order valence-electron chi connectivity index (χ0n) is 18.2. The van der Waals surface area contributed by atoms with Crippen molar-refractivity contribution >= 4 is 23.5 Å². The van der Waals surface area contributed by atoms with Crippen molar-refractivity contribution < 1.29 is 5.11 Å². The maximum Gasteiger partial charge on any atom is 0.0443 e. The van der Waals surface area contributed by atoms with Crippen LogP contribution in [0.4, 0.5) is 0 Å². The van der Waals surface area contributed by atoms with Crippen LogP contribution in [0, 0.1) is 5.92 Å². The summed E-state index contributed by atoms with van der Waals surface area (Å²) in [5.74, 6) is 1.87. The Balaban J connectivity index is 1.59. The molecule has 5 heteroatoms. The molecule has 2 aromatic carbocycles. The lowest BCUT2D eigenvalue weighted by molar-refractivity contribution is 0.0898. The van der Waals surface area contributed by atoms with E-state index in [0.717, 1.165) is 45.6 Å². The molecular weight excluding hydrogens is 408 g/mol. The summed E-state index contributed by atoms with van der Waals surface area (Å²) in [5.41, 5.74) is 2.98. The summed E-state index contributed by atoms with van der Waals surface area (Å²) >= 11 is 3.93.